The molecule has 0 spiro atoms. The average molecular weight is 253 g/mol. The lowest BCUT2D eigenvalue weighted by molar-refractivity contribution is 0.628. The molecule has 0 bridgehead atoms. The Morgan fingerprint density at radius 1 is 1.00 bits per heavy atom. The molecule has 3 rings (SSSR count). The minimum absolute atomic E-state index is 0.246. The molecule has 4 heteroatoms. The van der Waals surface area contributed by atoms with Crippen molar-refractivity contribution in [1.82, 2.24) is 15.2 Å². The Morgan fingerprint density at radius 3 is 2.47 bits per heavy atom. The van der Waals surface area contributed by atoms with Crippen molar-refractivity contribution < 1.29 is 4.39 Å². The first kappa shape index (κ1) is 11.6. The molecule has 0 amide bonds. The predicted octanol–water partition coefficient (Wildman–Crippen LogP) is 3.59. The fraction of sp³-hybridized carbons (Fsp3) is 0.0667. The SMILES string of the molecule is Cc1ccc(-c2ccc(F)cc2)nc1-c1ccn[nH]1. The summed E-state index contributed by atoms with van der Waals surface area (Å²) in [5, 5.41) is 6.85. The summed E-state index contributed by atoms with van der Waals surface area (Å²) in [5.74, 6) is -0.246. The fourth-order valence-electron chi connectivity index (χ4n) is 1.97. The maximum absolute atomic E-state index is 12.9. The molecule has 0 unspecified atom stereocenters. The van der Waals surface area contributed by atoms with Crippen molar-refractivity contribution in [2.24, 2.45) is 0 Å². The highest BCUT2D eigenvalue weighted by molar-refractivity contribution is 5.66. The van der Waals surface area contributed by atoms with Gasteiger partial charge in [-0.3, -0.25) is 5.10 Å². The van der Waals surface area contributed by atoms with Crippen LogP contribution >= 0.6 is 0 Å². The summed E-state index contributed by atoms with van der Waals surface area (Å²) in [5.41, 5.74) is 4.51. The summed E-state index contributed by atoms with van der Waals surface area (Å²) in [7, 11) is 0. The molecule has 0 saturated carbocycles. The topological polar surface area (TPSA) is 41.6 Å². The van der Waals surface area contributed by atoms with Crippen LogP contribution in [0.3, 0.4) is 0 Å². The molecule has 0 aliphatic heterocycles. The molecule has 3 nitrogen and oxygen atoms in total. The highest BCUT2D eigenvalue weighted by atomic mass is 19.1. The first-order valence-electron chi connectivity index (χ1n) is 5.97. The van der Waals surface area contributed by atoms with E-state index in [1.807, 2.05) is 25.1 Å². The number of nitrogens with zero attached hydrogens (tertiary/aromatic N) is 2. The Morgan fingerprint density at radius 2 is 1.79 bits per heavy atom. The van der Waals surface area contributed by atoms with Crippen LogP contribution in [0.1, 0.15) is 5.56 Å². The van der Waals surface area contributed by atoms with Gasteiger partial charge >= 0.3 is 0 Å². The van der Waals surface area contributed by atoms with Gasteiger partial charge in [-0.05, 0) is 48.9 Å². The maximum atomic E-state index is 12.9. The van der Waals surface area contributed by atoms with E-state index in [-0.39, 0.29) is 5.82 Å². The van der Waals surface area contributed by atoms with E-state index in [0.717, 1.165) is 28.2 Å². The summed E-state index contributed by atoms with van der Waals surface area (Å²) >= 11 is 0. The van der Waals surface area contributed by atoms with Crippen LogP contribution in [0.4, 0.5) is 4.39 Å². The van der Waals surface area contributed by atoms with E-state index in [1.165, 1.54) is 12.1 Å². The highest BCUT2D eigenvalue weighted by Gasteiger charge is 2.07. The second-order valence-electron chi connectivity index (χ2n) is 4.34. The van der Waals surface area contributed by atoms with E-state index in [4.69, 9.17) is 0 Å². The van der Waals surface area contributed by atoms with Gasteiger partial charge in [0.1, 0.15) is 5.82 Å². The lowest BCUT2D eigenvalue weighted by Crippen LogP contribution is -1.92. The first-order chi connectivity index (χ1) is 9.24. The van der Waals surface area contributed by atoms with Crippen LogP contribution in [0.15, 0.2) is 48.7 Å². The van der Waals surface area contributed by atoms with Crippen molar-refractivity contribution in [3.63, 3.8) is 0 Å². The average Bonchev–Trinajstić information content (AvgIpc) is 2.94. The zero-order valence-electron chi connectivity index (χ0n) is 10.4. The highest BCUT2D eigenvalue weighted by Crippen LogP contribution is 2.24. The van der Waals surface area contributed by atoms with Gasteiger partial charge in [0.15, 0.2) is 0 Å². The van der Waals surface area contributed by atoms with Crippen molar-refractivity contribution in [2.45, 2.75) is 6.92 Å². The fourth-order valence-corrected chi connectivity index (χ4v) is 1.97. The van der Waals surface area contributed by atoms with Crippen LogP contribution in [-0.4, -0.2) is 15.2 Å². The van der Waals surface area contributed by atoms with Crippen LogP contribution in [-0.2, 0) is 0 Å². The van der Waals surface area contributed by atoms with Gasteiger partial charge < -0.3 is 0 Å². The van der Waals surface area contributed by atoms with Crippen LogP contribution in [0.25, 0.3) is 22.6 Å². The number of nitrogens with one attached hydrogen (secondary N) is 1. The molecule has 1 aromatic carbocycles. The Hall–Kier alpha value is -2.49. The monoisotopic (exact) mass is 253 g/mol. The van der Waals surface area contributed by atoms with Crippen LogP contribution in [0, 0.1) is 12.7 Å². The maximum Gasteiger partial charge on any atom is 0.123 e. The summed E-state index contributed by atoms with van der Waals surface area (Å²) in [6.45, 7) is 2.00. The third-order valence-corrected chi connectivity index (χ3v) is 2.99. The van der Waals surface area contributed by atoms with Crippen LogP contribution in [0.5, 0.6) is 0 Å². The predicted molar refractivity (Wildman–Crippen MR) is 71.9 cm³/mol. The summed E-state index contributed by atoms with van der Waals surface area (Å²) in [6, 6.07) is 12.1. The van der Waals surface area contributed by atoms with Crippen molar-refractivity contribution in [3.8, 4) is 22.6 Å². The summed E-state index contributed by atoms with van der Waals surface area (Å²) < 4.78 is 12.9. The van der Waals surface area contributed by atoms with Gasteiger partial charge in [-0.1, -0.05) is 6.07 Å². The van der Waals surface area contributed by atoms with E-state index in [0.29, 0.717) is 0 Å². The van der Waals surface area contributed by atoms with E-state index in [2.05, 4.69) is 15.2 Å². The van der Waals surface area contributed by atoms with Gasteiger partial charge in [-0.15, -0.1) is 0 Å². The van der Waals surface area contributed by atoms with E-state index in [1.54, 1.807) is 18.3 Å². The van der Waals surface area contributed by atoms with Gasteiger partial charge in [0.05, 0.1) is 17.1 Å². The number of pyridine rings is 1. The summed E-state index contributed by atoms with van der Waals surface area (Å²) in [6.07, 6.45) is 1.70. The molecular weight excluding hydrogens is 241 g/mol. The van der Waals surface area contributed by atoms with E-state index < -0.39 is 0 Å². The number of hydrogen-bond donors (Lipinski definition) is 1. The molecule has 0 aliphatic carbocycles. The number of aryl methyl sites for hydroxylation is 1. The van der Waals surface area contributed by atoms with Crippen molar-refractivity contribution in [2.75, 3.05) is 0 Å². The third-order valence-electron chi connectivity index (χ3n) is 2.99. The number of halogens is 1. The van der Waals surface area contributed by atoms with Gasteiger partial charge in [0.2, 0.25) is 0 Å². The molecule has 0 atom stereocenters. The van der Waals surface area contributed by atoms with E-state index in [9.17, 15) is 4.39 Å². The number of rotatable bonds is 2. The number of aromatic nitrogens is 3. The lowest BCUT2D eigenvalue weighted by atomic mass is 10.1. The van der Waals surface area contributed by atoms with Gasteiger partial charge in [-0.2, -0.15) is 5.10 Å². The second kappa shape index (κ2) is 4.65. The lowest BCUT2D eigenvalue weighted by Gasteiger charge is -2.06. The number of aromatic amines is 1. The van der Waals surface area contributed by atoms with E-state index >= 15 is 0 Å². The minimum Gasteiger partial charge on any atom is -0.276 e. The molecule has 2 heterocycles. The molecule has 1 N–H and O–H groups in total. The molecule has 19 heavy (non-hydrogen) atoms. The number of H-pyrrole nitrogens is 1. The standard InChI is InChI=1S/C15H12FN3/c1-10-2-7-13(11-3-5-12(16)6-4-11)18-15(10)14-8-9-17-19-14/h2-9H,1H3,(H,17,19). The van der Waals surface area contributed by atoms with Crippen LogP contribution in [0.2, 0.25) is 0 Å². The smallest absolute Gasteiger partial charge is 0.123 e. The largest absolute Gasteiger partial charge is 0.276 e. The van der Waals surface area contributed by atoms with Crippen molar-refractivity contribution in [1.29, 1.82) is 0 Å². The van der Waals surface area contributed by atoms with Crippen molar-refractivity contribution >= 4 is 0 Å². The Kier molecular flexibility index (Phi) is 2.83. The molecule has 0 radical (unpaired) electrons. The minimum atomic E-state index is -0.246. The van der Waals surface area contributed by atoms with Gasteiger partial charge in [0.25, 0.3) is 0 Å². The van der Waals surface area contributed by atoms with Gasteiger partial charge in [0, 0.05) is 11.8 Å². The quantitative estimate of drug-likeness (QED) is 0.758. The third kappa shape index (κ3) is 2.25. The molecule has 0 aliphatic rings. The van der Waals surface area contributed by atoms with Crippen molar-refractivity contribution in [3.05, 3.63) is 60.0 Å². The van der Waals surface area contributed by atoms with Crippen LogP contribution < -0.4 is 0 Å². The number of benzene rings is 1. The second-order valence-corrected chi connectivity index (χ2v) is 4.34. The molecule has 2 aromatic heterocycles. The van der Waals surface area contributed by atoms with Gasteiger partial charge in [-0.25, -0.2) is 9.37 Å². The zero-order chi connectivity index (χ0) is 13.2. The molecule has 0 saturated heterocycles. The molecule has 0 fully saturated rings. The molecule has 94 valence electrons. The molecular formula is C15H12FN3. The summed E-state index contributed by atoms with van der Waals surface area (Å²) in [4.78, 5) is 4.62. The Bertz CT molecular complexity index is 688. The molecule has 3 aromatic rings. The normalized spacial score (nSPS) is 10.6. The first-order valence-corrected chi connectivity index (χ1v) is 5.97. The Balaban J connectivity index is 2.09. The zero-order valence-corrected chi connectivity index (χ0v) is 10.4. The number of hydrogen-bond acceptors (Lipinski definition) is 2. The Labute approximate surface area is 110 Å².